The Morgan fingerprint density at radius 2 is 1.81 bits per heavy atom. The molecule has 8 heteroatoms. The third-order valence-corrected chi connectivity index (χ3v) is 4.18. The fourth-order valence-electron chi connectivity index (χ4n) is 2.64. The molecule has 26 heavy (non-hydrogen) atoms. The first kappa shape index (κ1) is 17.7. The van der Waals surface area contributed by atoms with Gasteiger partial charge in [0.05, 0.1) is 4.92 Å². The van der Waals surface area contributed by atoms with E-state index in [2.05, 4.69) is 16.8 Å². The van der Waals surface area contributed by atoms with E-state index in [4.69, 9.17) is 11.6 Å². The summed E-state index contributed by atoms with van der Waals surface area (Å²) in [6.45, 7) is 1.67. The smallest absolute Gasteiger partial charge is 0.311 e. The maximum atomic E-state index is 12.2. The predicted octanol–water partition coefficient (Wildman–Crippen LogP) is 2.34. The van der Waals surface area contributed by atoms with Gasteiger partial charge >= 0.3 is 5.69 Å². The lowest BCUT2D eigenvalue weighted by atomic mass is 10.2. The molecule has 1 aromatic heterocycles. The number of nitro groups is 1. The number of nitrogens with zero attached hydrogens (tertiary/aromatic N) is 4. The van der Waals surface area contributed by atoms with Gasteiger partial charge in [-0.25, -0.2) is 4.98 Å². The van der Waals surface area contributed by atoms with Crippen molar-refractivity contribution >= 4 is 29.0 Å². The molecule has 0 N–H and O–H groups in total. The Bertz CT molecular complexity index is 884. The van der Waals surface area contributed by atoms with Gasteiger partial charge in [-0.3, -0.25) is 14.9 Å². The molecule has 1 aliphatic rings. The largest absolute Gasteiger partial charge is 0.347 e. The number of hydrogen-bond acceptors (Lipinski definition) is 5. The van der Waals surface area contributed by atoms with E-state index >= 15 is 0 Å². The molecule has 0 bridgehead atoms. The number of carbonyl (C=O) groups excluding carboxylic acids is 1. The zero-order valence-corrected chi connectivity index (χ0v) is 14.5. The Morgan fingerprint density at radius 1 is 1.12 bits per heavy atom. The molecule has 0 spiro atoms. The molecule has 1 aromatic carbocycles. The van der Waals surface area contributed by atoms with Crippen LogP contribution in [-0.4, -0.2) is 46.9 Å². The van der Waals surface area contributed by atoms with Crippen LogP contribution < -0.4 is 4.90 Å². The minimum atomic E-state index is -0.485. The fraction of sp³-hybridized carbons (Fsp3) is 0.222. The normalized spacial score (nSPS) is 13.7. The molecule has 0 unspecified atom stereocenters. The van der Waals surface area contributed by atoms with Crippen molar-refractivity contribution < 1.29 is 9.72 Å². The van der Waals surface area contributed by atoms with Crippen molar-refractivity contribution in [3.05, 3.63) is 63.3 Å². The summed E-state index contributed by atoms with van der Waals surface area (Å²) in [5.41, 5.74) is 0.677. The molecule has 1 amide bonds. The second-order valence-electron chi connectivity index (χ2n) is 5.63. The van der Waals surface area contributed by atoms with Crippen LogP contribution in [0.5, 0.6) is 0 Å². The molecular formula is C18H15ClN4O3. The minimum Gasteiger partial charge on any atom is -0.347 e. The van der Waals surface area contributed by atoms with Gasteiger partial charge in [0.1, 0.15) is 5.15 Å². The molecule has 2 aromatic rings. The maximum absolute atomic E-state index is 12.2. The van der Waals surface area contributed by atoms with Crippen molar-refractivity contribution in [2.45, 2.75) is 0 Å². The third kappa shape index (κ3) is 4.10. The van der Waals surface area contributed by atoms with Crippen molar-refractivity contribution in [3.8, 4) is 11.8 Å². The summed E-state index contributed by atoms with van der Waals surface area (Å²) in [4.78, 5) is 30.4. The number of halogens is 1. The van der Waals surface area contributed by atoms with Crippen molar-refractivity contribution in [1.29, 1.82) is 0 Å². The van der Waals surface area contributed by atoms with Gasteiger partial charge in [-0.2, -0.15) is 0 Å². The van der Waals surface area contributed by atoms with Gasteiger partial charge in [-0.1, -0.05) is 35.7 Å². The third-order valence-electron chi connectivity index (χ3n) is 3.97. The molecule has 1 saturated heterocycles. The minimum absolute atomic E-state index is 0.0990. The van der Waals surface area contributed by atoms with Gasteiger partial charge < -0.3 is 9.80 Å². The lowest BCUT2D eigenvalue weighted by molar-refractivity contribution is -0.384. The highest BCUT2D eigenvalue weighted by Gasteiger charge is 2.26. The van der Waals surface area contributed by atoms with E-state index in [-0.39, 0.29) is 22.6 Å². The van der Waals surface area contributed by atoms with E-state index in [0.29, 0.717) is 26.2 Å². The molecule has 1 aliphatic heterocycles. The average molecular weight is 371 g/mol. The predicted molar refractivity (Wildman–Crippen MR) is 98.0 cm³/mol. The van der Waals surface area contributed by atoms with Crippen LogP contribution in [0, 0.1) is 22.0 Å². The van der Waals surface area contributed by atoms with Crippen LogP contribution in [0.15, 0.2) is 42.5 Å². The first-order chi connectivity index (χ1) is 12.5. The molecule has 7 nitrogen and oxygen atoms in total. The summed E-state index contributed by atoms with van der Waals surface area (Å²) in [7, 11) is 0. The SMILES string of the molecule is O=C(C#Cc1ccccc1)N1CCN(c2nc(Cl)ccc2[N+](=O)[O-])CC1. The molecule has 1 fully saturated rings. The molecular weight excluding hydrogens is 356 g/mol. The summed E-state index contributed by atoms with van der Waals surface area (Å²) >= 11 is 5.88. The quantitative estimate of drug-likeness (QED) is 0.351. The highest BCUT2D eigenvalue weighted by atomic mass is 35.5. The summed E-state index contributed by atoms with van der Waals surface area (Å²) < 4.78 is 0. The molecule has 0 saturated carbocycles. The van der Waals surface area contributed by atoms with E-state index in [1.54, 1.807) is 9.80 Å². The van der Waals surface area contributed by atoms with Crippen LogP contribution in [0.3, 0.4) is 0 Å². The van der Waals surface area contributed by atoms with Gasteiger partial charge in [-0.15, -0.1) is 0 Å². The number of anilines is 1. The monoisotopic (exact) mass is 370 g/mol. The van der Waals surface area contributed by atoms with Gasteiger partial charge in [0.2, 0.25) is 5.82 Å². The Balaban J connectivity index is 1.67. The molecule has 132 valence electrons. The van der Waals surface area contributed by atoms with Crippen LogP contribution >= 0.6 is 11.6 Å². The second kappa shape index (κ2) is 7.85. The van der Waals surface area contributed by atoms with Crippen molar-refractivity contribution in [3.63, 3.8) is 0 Å². The number of hydrogen-bond donors (Lipinski definition) is 0. The zero-order chi connectivity index (χ0) is 18.5. The average Bonchev–Trinajstić information content (AvgIpc) is 2.66. The Morgan fingerprint density at radius 3 is 2.46 bits per heavy atom. The maximum Gasteiger partial charge on any atom is 0.311 e. The Hall–Kier alpha value is -3.11. The molecule has 0 atom stereocenters. The van der Waals surface area contributed by atoms with Gasteiger partial charge in [0.15, 0.2) is 0 Å². The summed E-state index contributed by atoms with van der Waals surface area (Å²) in [6, 6.07) is 12.0. The molecule has 0 radical (unpaired) electrons. The molecule has 0 aliphatic carbocycles. The van der Waals surface area contributed by atoms with Crippen molar-refractivity contribution in [2.24, 2.45) is 0 Å². The van der Waals surface area contributed by atoms with E-state index in [0.717, 1.165) is 5.56 Å². The van der Waals surface area contributed by atoms with Crippen molar-refractivity contribution in [1.82, 2.24) is 9.88 Å². The van der Waals surface area contributed by atoms with Crippen LogP contribution in [0.1, 0.15) is 5.56 Å². The van der Waals surface area contributed by atoms with Crippen LogP contribution in [0.25, 0.3) is 0 Å². The number of piperazine rings is 1. The highest BCUT2D eigenvalue weighted by molar-refractivity contribution is 6.29. The van der Waals surface area contributed by atoms with Gasteiger partial charge in [0.25, 0.3) is 5.91 Å². The second-order valence-corrected chi connectivity index (χ2v) is 6.02. The van der Waals surface area contributed by atoms with E-state index < -0.39 is 4.92 Å². The number of benzene rings is 1. The summed E-state index contributed by atoms with van der Waals surface area (Å²) in [6.07, 6.45) is 0. The van der Waals surface area contributed by atoms with Crippen LogP contribution in [0.2, 0.25) is 5.15 Å². The number of amides is 1. The fourth-order valence-corrected chi connectivity index (χ4v) is 2.78. The van der Waals surface area contributed by atoms with E-state index in [1.165, 1.54) is 12.1 Å². The Kier molecular flexibility index (Phi) is 5.34. The van der Waals surface area contributed by atoms with Gasteiger partial charge in [0, 0.05) is 43.7 Å². The van der Waals surface area contributed by atoms with Crippen LogP contribution in [0.4, 0.5) is 11.5 Å². The molecule has 2 heterocycles. The topological polar surface area (TPSA) is 79.6 Å². The molecule has 3 rings (SSSR count). The number of pyridine rings is 1. The standard InChI is InChI=1S/C18H15ClN4O3/c19-16-8-7-15(23(25)26)18(20-16)22-12-10-21(11-13-22)17(24)9-6-14-4-2-1-3-5-14/h1-5,7-8H,10-13H2. The Labute approximate surface area is 155 Å². The van der Waals surface area contributed by atoms with Gasteiger partial charge in [-0.05, 0) is 18.2 Å². The van der Waals surface area contributed by atoms with Crippen LogP contribution in [-0.2, 0) is 4.79 Å². The van der Waals surface area contributed by atoms with E-state index in [9.17, 15) is 14.9 Å². The first-order valence-electron chi connectivity index (χ1n) is 7.96. The summed E-state index contributed by atoms with van der Waals surface area (Å²) in [5.74, 6) is 5.44. The lowest BCUT2D eigenvalue weighted by Gasteiger charge is -2.34. The first-order valence-corrected chi connectivity index (χ1v) is 8.34. The highest BCUT2D eigenvalue weighted by Crippen LogP contribution is 2.28. The number of rotatable bonds is 2. The zero-order valence-electron chi connectivity index (χ0n) is 13.8. The summed E-state index contributed by atoms with van der Waals surface area (Å²) in [5, 5.41) is 11.4. The van der Waals surface area contributed by atoms with E-state index in [1.807, 2.05) is 30.3 Å². The van der Waals surface area contributed by atoms with Crippen molar-refractivity contribution in [2.75, 3.05) is 31.1 Å². The number of carbonyl (C=O) groups is 1. The lowest BCUT2D eigenvalue weighted by Crippen LogP contribution is -2.48. The number of aromatic nitrogens is 1.